The SMILES string of the molecule is CCCCNC(=O)C(Cc1ccccc1)N(Cc1cccc(Cl)c1)C(=O)CCCN(c1cc(Cl)ccc1C)S(C)(=O)=O. The van der Waals surface area contributed by atoms with E-state index in [1.165, 1.54) is 4.31 Å². The van der Waals surface area contributed by atoms with Gasteiger partial charge in [-0.15, -0.1) is 0 Å². The molecular weight excluding hydrogens is 593 g/mol. The first-order valence-electron chi connectivity index (χ1n) is 14.1. The van der Waals surface area contributed by atoms with Gasteiger partial charge in [0.1, 0.15) is 6.04 Å². The van der Waals surface area contributed by atoms with Gasteiger partial charge in [-0.25, -0.2) is 8.42 Å². The molecule has 42 heavy (non-hydrogen) atoms. The summed E-state index contributed by atoms with van der Waals surface area (Å²) in [6, 6.07) is 21.1. The number of benzene rings is 3. The van der Waals surface area contributed by atoms with Crippen molar-refractivity contribution in [2.24, 2.45) is 0 Å². The van der Waals surface area contributed by atoms with E-state index >= 15 is 0 Å². The normalized spacial score (nSPS) is 12.0. The third-order valence-electron chi connectivity index (χ3n) is 6.93. The maximum absolute atomic E-state index is 13.9. The zero-order chi connectivity index (χ0) is 30.7. The van der Waals surface area contributed by atoms with Gasteiger partial charge in [-0.2, -0.15) is 0 Å². The minimum atomic E-state index is -3.64. The van der Waals surface area contributed by atoms with E-state index < -0.39 is 16.1 Å². The van der Waals surface area contributed by atoms with E-state index in [4.69, 9.17) is 23.2 Å². The van der Waals surface area contributed by atoms with Gasteiger partial charge in [-0.3, -0.25) is 13.9 Å². The quantitative estimate of drug-likeness (QED) is 0.197. The summed E-state index contributed by atoms with van der Waals surface area (Å²) in [6.07, 6.45) is 3.52. The molecule has 10 heteroatoms. The van der Waals surface area contributed by atoms with Crippen LogP contribution in [0.2, 0.25) is 10.0 Å². The number of carbonyl (C=O) groups excluding carboxylic acids is 2. The van der Waals surface area contributed by atoms with Crippen molar-refractivity contribution in [3.63, 3.8) is 0 Å². The molecule has 0 aromatic heterocycles. The molecule has 1 atom stereocenters. The summed E-state index contributed by atoms with van der Waals surface area (Å²) in [5.74, 6) is -0.479. The van der Waals surface area contributed by atoms with Crippen molar-refractivity contribution in [3.05, 3.63) is 99.5 Å². The highest BCUT2D eigenvalue weighted by Crippen LogP contribution is 2.27. The number of anilines is 1. The molecule has 0 saturated carbocycles. The molecule has 0 aliphatic heterocycles. The lowest BCUT2D eigenvalue weighted by molar-refractivity contribution is -0.141. The molecule has 0 heterocycles. The smallest absolute Gasteiger partial charge is 0.243 e. The standard InChI is InChI=1S/C32H39Cl2N3O4S/c1-4-5-18-35-32(39)30(21-25-11-7-6-8-12-25)36(23-26-13-9-14-27(33)20-26)31(38)15-10-19-37(42(3,40)41)29-22-28(34)17-16-24(29)2/h6-9,11-14,16-17,20,22,30H,4-5,10,15,18-19,21,23H2,1-3H3,(H,35,39). The highest BCUT2D eigenvalue weighted by Gasteiger charge is 2.30. The molecule has 3 aromatic rings. The average molecular weight is 633 g/mol. The van der Waals surface area contributed by atoms with Crippen LogP contribution in [0.3, 0.4) is 0 Å². The zero-order valence-corrected chi connectivity index (χ0v) is 26.7. The Morgan fingerprint density at radius 3 is 2.26 bits per heavy atom. The van der Waals surface area contributed by atoms with Crippen LogP contribution in [0.1, 0.15) is 49.3 Å². The fourth-order valence-electron chi connectivity index (χ4n) is 4.73. The monoisotopic (exact) mass is 631 g/mol. The van der Waals surface area contributed by atoms with Gasteiger partial charge in [0.25, 0.3) is 0 Å². The van der Waals surface area contributed by atoms with Crippen LogP contribution in [0.15, 0.2) is 72.8 Å². The van der Waals surface area contributed by atoms with Crippen molar-refractivity contribution >= 4 is 50.7 Å². The number of hydrogen-bond acceptors (Lipinski definition) is 4. The van der Waals surface area contributed by atoms with Crippen LogP contribution in [0.25, 0.3) is 0 Å². The van der Waals surface area contributed by atoms with Gasteiger partial charge < -0.3 is 10.2 Å². The highest BCUT2D eigenvalue weighted by atomic mass is 35.5. The highest BCUT2D eigenvalue weighted by molar-refractivity contribution is 7.92. The van der Waals surface area contributed by atoms with Gasteiger partial charge in [0.2, 0.25) is 21.8 Å². The molecule has 2 amide bonds. The molecule has 0 fully saturated rings. The first kappa shape index (κ1) is 33.4. The number of unbranched alkanes of at least 4 members (excludes halogenated alkanes) is 1. The largest absolute Gasteiger partial charge is 0.354 e. The molecule has 7 nitrogen and oxygen atoms in total. The molecule has 1 N–H and O–H groups in total. The lowest BCUT2D eigenvalue weighted by Crippen LogP contribution is -2.50. The second-order valence-electron chi connectivity index (χ2n) is 10.4. The predicted octanol–water partition coefficient (Wildman–Crippen LogP) is 6.40. The summed E-state index contributed by atoms with van der Waals surface area (Å²) in [6.45, 7) is 4.65. The molecule has 0 aliphatic carbocycles. The van der Waals surface area contributed by atoms with Gasteiger partial charge in [0.15, 0.2) is 0 Å². The van der Waals surface area contributed by atoms with E-state index in [9.17, 15) is 18.0 Å². The molecule has 0 spiro atoms. The Morgan fingerprint density at radius 2 is 1.60 bits per heavy atom. The van der Waals surface area contributed by atoms with Crippen molar-refractivity contribution in [3.8, 4) is 0 Å². The molecule has 3 rings (SSSR count). The third kappa shape index (κ3) is 10.0. The van der Waals surface area contributed by atoms with Crippen LogP contribution < -0.4 is 9.62 Å². The van der Waals surface area contributed by atoms with Gasteiger partial charge in [0, 0.05) is 42.5 Å². The number of halogens is 2. The molecule has 0 radical (unpaired) electrons. The second-order valence-corrected chi connectivity index (χ2v) is 13.2. The topological polar surface area (TPSA) is 86.8 Å². The average Bonchev–Trinajstić information content (AvgIpc) is 2.94. The lowest BCUT2D eigenvalue weighted by atomic mass is 10.0. The van der Waals surface area contributed by atoms with Crippen molar-refractivity contribution in [2.45, 2.75) is 58.5 Å². The van der Waals surface area contributed by atoms with Crippen molar-refractivity contribution in [2.75, 3.05) is 23.7 Å². The fourth-order valence-corrected chi connectivity index (χ4v) is 6.12. The molecule has 0 bridgehead atoms. The van der Waals surface area contributed by atoms with Crippen LogP contribution in [-0.4, -0.2) is 50.5 Å². The van der Waals surface area contributed by atoms with E-state index in [0.29, 0.717) is 28.7 Å². The Balaban J connectivity index is 1.89. The second kappa shape index (κ2) is 16.0. The number of rotatable bonds is 15. The van der Waals surface area contributed by atoms with Crippen molar-refractivity contribution in [1.29, 1.82) is 0 Å². The van der Waals surface area contributed by atoms with E-state index in [0.717, 1.165) is 35.8 Å². The first-order chi connectivity index (χ1) is 20.0. The molecule has 0 aliphatic rings. The van der Waals surface area contributed by atoms with Crippen LogP contribution >= 0.6 is 23.2 Å². The summed E-state index contributed by atoms with van der Waals surface area (Å²) in [7, 11) is -3.64. The molecule has 0 saturated heterocycles. The Hall–Kier alpha value is -3.07. The Kier molecular flexibility index (Phi) is 12.7. The van der Waals surface area contributed by atoms with E-state index in [1.54, 1.807) is 35.2 Å². The Labute approximate surface area is 259 Å². The molecule has 3 aromatic carbocycles. The number of amides is 2. The number of nitrogens with one attached hydrogen (secondary N) is 1. The van der Waals surface area contributed by atoms with Gasteiger partial charge in [-0.05, 0) is 60.7 Å². The number of nitrogens with zero attached hydrogens (tertiary/aromatic N) is 2. The van der Waals surface area contributed by atoms with Crippen molar-refractivity contribution < 1.29 is 18.0 Å². The summed E-state index contributed by atoms with van der Waals surface area (Å²) in [5.41, 5.74) is 2.95. The van der Waals surface area contributed by atoms with Crippen LogP contribution in [-0.2, 0) is 32.6 Å². The number of hydrogen-bond donors (Lipinski definition) is 1. The summed E-state index contributed by atoms with van der Waals surface area (Å²) >= 11 is 12.4. The maximum atomic E-state index is 13.9. The van der Waals surface area contributed by atoms with Crippen LogP contribution in [0.4, 0.5) is 5.69 Å². The Bertz CT molecular complexity index is 1450. The summed E-state index contributed by atoms with van der Waals surface area (Å²) < 4.78 is 26.7. The fraction of sp³-hybridized carbons (Fsp3) is 0.375. The van der Waals surface area contributed by atoms with Crippen LogP contribution in [0.5, 0.6) is 0 Å². The van der Waals surface area contributed by atoms with Gasteiger partial charge in [-0.1, -0.05) is 85.1 Å². The molecule has 1 unspecified atom stereocenters. The van der Waals surface area contributed by atoms with Gasteiger partial charge in [0.05, 0.1) is 11.9 Å². The minimum absolute atomic E-state index is 0.0414. The minimum Gasteiger partial charge on any atom is -0.354 e. The zero-order valence-electron chi connectivity index (χ0n) is 24.4. The molecular formula is C32H39Cl2N3O4S. The molecule has 226 valence electrons. The maximum Gasteiger partial charge on any atom is 0.243 e. The van der Waals surface area contributed by atoms with Gasteiger partial charge >= 0.3 is 0 Å². The summed E-state index contributed by atoms with van der Waals surface area (Å²) in [4.78, 5) is 29.1. The summed E-state index contributed by atoms with van der Waals surface area (Å²) in [5, 5.41) is 3.96. The van der Waals surface area contributed by atoms with Crippen molar-refractivity contribution in [1.82, 2.24) is 10.2 Å². The van der Waals surface area contributed by atoms with E-state index in [-0.39, 0.29) is 37.7 Å². The number of carbonyl (C=O) groups is 2. The Morgan fingerprint density at radius 1 is 0.905 bits per heavy atom. The van der Waals surface area contributed by atoms with Crippen LogP contribution in [0, 0.1) is 6.92 Å². The third-order valence-corrected chi connectivity index (χ3v) is 8.58. The number of aryl methyl sites for hydroxylation is 1. The van der Waals surface area contributed by atoms with E-state index in [2.05, 4.69) is 5.32 Å². The first-order valence-corrected chi connectivity index (χ1v) is 16.7. The predicted molar refractivity (Wildman–Crippen MR) is 171 cm³/mol. The lowest BCUT2D eigenvalue weighted by Gasteiger charge is -2.32. The van der Waals surface area contributed by atoms with E-state index in [1.807, 2.05) is 56.3 Å². The number of sulfonamides is 1.